The van der Waals surface area contributed by atoms with Crippen LogP contribution in [-0.4, -0.2) is 30.1 Å². The maximum atomic E-state index is 12.2. The summed E-state index contributed by atoms with van der Waals surface area (Å²) in [5.74, 6) is 1.37. The number of ether oxygens (including phenoxy) is 1. The molecule has 0 N–H and O–H groups in total. The van der Waals surface area contributed by atoms with Crippen LogP contribution in [0.5, 0.6) is 0 Å². The minimum absolute atomic E-state index is 0.211. The third-order valence-electron chi connectivity index (χ3n) is 3.61. The van der Waals surface area contributed by atoms with Crippen LogP contribution >= 0.6 is 0 Å². The van der Waals surface area contributed by atoms with Gasteiger partial charge in [-0.05, 0) is 37.8 Å². The molecule has 4 nitrogen and oxygen atoms in total. The molecule has 1 aliphatic carbocycles. The first-order valence-corrected chi connectivity index (χ1v) is 6.75. The van der Waals surface area contributed by atoms with E-state index in [0.29, 0.717) is 13.1 Å². The molecule has 3 rings (SSSR count). The van der Waals surface area contributed by atoms with E-state index in [0.717, 1.165) is 38.1 Å². The van der Waals surface area contributed by atoms with Gasteiger partial charge in [-0.25, -0.2) is 0 Å². The molecule has 0 unspecified atom stereocenters. The van der Waals surface area contributed by atoms with Crippen molar-refractivity contribution in [3.05, 3.63) is 24.2 Å². The van der Waals surface area contributed by atoms with E-state index in [2.05, 4.69) is 0 Å². The smallest absolute Gasteiger partial charge is 0.226 e. The van der Waals surface area contributed by atoms with Crippen LogP contribution < -0.4 is 0 Å². The molecule has 1 aromatic heterocycles. The monoisotopic (exact) mass is 249 g/mol. The van der Waals surface area contributed by atoms with Gasteiger partial charge < -0.3 is 14.1 Å². The highest BCUT2D eigenvalue weighted by Gasteiger charge is 2.35. The second-order valence-corrected chi connectivity index (χ2v) is 5.21. The van der Waals surface area contributed by atoms with E-state index in [1.165, 1.54) is 0 Å². The summed E-state index contributed by atoms with van der Waals surface area (Å²) in [6, 6.07) is 3.78. The molecule has 1 aliphatic heterocycles. The number of carbonyl (C=O) groups excluding carboxylic acids is 1. The standard InChI is InChI=1S/C14H19NO3/c16-14(11-5-6-11)15(9-12-3-1-7-17-12)10-13-4-2-8-18-13/h1,3,7,11,13H,2,4-6,8-10H2/t13-/m0/s1. The van der Waals surface area contributed by atoms with Gasteiger partial charge in [0.1, 0.15) is 5.76 Å². The Bertz CT molecular complexity index is 391. The van der Waals surface area contributed by atoms with Crippen LogP contribution in [0.3, 0.4) is 0 Å². The number of nitrogens with zero attached hydrogens (tertiary/aromatic N) is 1. The van der Waals surface area contributed by atoms with Gasteiger partial charge in [-0.2, -0.15) is 0 Å². The Morgan fingerprint density at radius 2 is 2.28 bits per heavy atom. The maximum Gasteiger partial charge on any atom is 0.226 e. The van der Waals surface area contributed by atoms with Crippen molar-refractivity contribution in [3.63, 3.8) is 0 Å². The fourth-order valence-electron chi connectivity index (χ4n) is 2.45. The van der Waals surface area contributed by atoms with Crippen LogP contribution in [-0.2, 0) is 16.1 Å². The molecule has 18 heavy (non-hydrogen) atoms. The van der Waals surface area contributed by atoms with Gasteiger partial charge in [0.2, 0.25) is 5.91 Å². The van der Waals surface area contributed by atoms with Gasteiger partial charge >= 0.3 is 0 Å². The summed E-state index contributed by atoms with van der Waals surface area (Å²) < 4.78 is 11.0. The van der Waals surface area contributed by atoms with Crippen molar-refractivity contribution in [2.24, 2.45) is 5.92 Å². The molecular formula is C14H19NO3. The molecule has 1 aromatic rings. The molecule has 0 radical (unpaired) electrons. The minimum atomic E-state index is 0.211. The van der Waals surface area contributed by atoms with Crippen LogP contribution in [0.15, 0.2) is 22.8 Å². The second-order valence-electron chi connectivity index (χ2n) is 5.21. The molecule has 2 fully saturated rings. The molecule has 2 aliphatic rings. The number of hydrogen-bond acceptors (Lipinski definition) is 3. The van der Waals surface area contributed by atoms with Crippen molar-refractivity contribution < 1.29 is 13.9 Å². The van der Waals surface area contributed by atoms with Crippen molar-refractivity contribution >= 4 is 5.91 Å². The SMILES string of the molecule is O=C(C1CC1)N(Cc1ccco1)C[C@@H]1CCCO1. The molecule has 0 bridgehead atoms. The minimum Gasteiger partial charge on any atom is -0.467 e. The number of hydrogen-bond donors (Lipinski definition) is 0. The largest absolute Gasteiger partial charge is 0.467 e. The van der Waals surface area contributed by atoms with E-state index in [-0.39, 0.29) is 17.9 Å². The van der Waals surface area contributed by atoms with Crippen LogP contribution in [0.25, 0.3) is 0 Å². The Morgan fingerprint density at radius 3 is 2.89 bits per heavy atom. The van der Waals surface area contributed by atoms with E-state index >= 15 is 0 Å². The van der Waals surface area contributed by atoms with Crippen LogP contribution in [0.4, 0.5) is 0 Å². The first kappa shape index (κ1) is 11.8. The Hall–Kier alpha value is -1.29. The topological polar surface area (TPSA) is 42.7 Å². The quantitative estimate of drug-likeness (QED) is 0.803. The fraction of sp³-hybridized carbons (Fsp3) is 0.643. The van der Waals surface area contributed by atoms with Gasteiger partial charge in [0.15, 0.2) is 0 Å². The molecular weight excluding hydrogens is 230 g/mol. The number of furan rings is 1. The Kier molecular flexibility index (Phi) is 3.37. The first-order valence-electron chi connectivity index (χ1n) is 6.75. The highest BCUT2D eigenvalue weighted by Crippen LogP contribution is 2.32. The van der Waals surface area contributed by atoms with E-state index in [1.54, 1.807) is 6.26 Å². The lowest BCUT2D eigenvalue weighted by Gasteiger charge is -2.24. The summed E-state index contributed by atoms with van der Waals surface area (Å²) in [6.45, 7) is 2.11. The highest BCUT2D eigenvalue weighted by molar-refractivity contribution is 5.81. The van der Waals surface area contributed by atoms with Gasteiger partial charge in [-0.15, -0.1) is 0 Å². The Labute approximate surface area is 107 Å². The van der Waals surface area contributed by atoms with Crippen molar-refractivity contribution in [1.82, 2.24) is 4.90 Å². The molecule has 1 atom stereocenters. The van der Waals surface area contributed by atoms with Gasteiger partial charge in [0.05, 0.1) is 18.9 Å². The lowest BCUT2D eigenvalue weighted by Crippen LogP contribution is -2.37. The molecule has 1 saturated carbocycles. The first-order chi connectivity index (χ1) is 8.83. The molecule has 0 aromatic carbocycles. The molecule has 98 valence electrons. The van der Waals surface area contributed by atoms with Gasteiger partial charge in [0, 0.05) is 19.1 Å². The van der Waals surface area contributed by atoms with Crippen LogP contribution in [0, 0.1) is 5.92 Å². The van der Waals surface area contributed by atoms with Crippen molar-refractivity contribution in [2.75, 3.05) is 13.2 Å². The third kappa shape index (κ3) is 2.75. The van der Waals surface area contributed by atoms with E-state index in [1.807, 2.05) is 17.0 Å². The molecule has 2 heterocycles. The summed E-state index contributed by atoms with van der Waals surface area (Å²) in [4.78, 5) is 14.2. The van der Waals surface area contributed by atoms with Crippen molar-refractivity contribution in [3.8, 4) is 0 Å². The van der Waals surface area contributed by atoms with Gasteiger partial charge in [0.25, 0.3) is 0 Å². The van der Waals surface area contributed by atoms with E-state index in [4.69, 9.17) is 9.15 Å². The number of amides is 1. The zero-order valence-corrected chi connectivity index (χ0v) is 10.5. The lowest BCUT2D eigenvalue weighted by atomic mass is 10.2. The Morgan fingerprint density at radius 1 is 1.39 bits per heavy atom. The van der Waals surface area contributed by atoms with E-state index in [9.17, 15) is 4.79 Å². The molecule has 1 saturated heterocycles. The van der Waals surface area contributed by atoms with Crippen molar-refractivity contribution in [2.45, 2.75) is 38.3 Å². The van der Waals surface area contributed by atoms with E-state index < -0.39 is 0 Å². The van der Waals surface area contributed by atoms with Gasteiger partial charge in [-0.3, -0.25) is 4.79 Å². The summed E-state index contributed by atoms with van der Waals surface area (Å²) in [5, 5.41) is 0. The molecule has 4 heteroatoms. The maximum absolute atomic E-state index is 12.2. The number of carbonyl (C=O) groups is 1. The highest BCUT2D eigenvalue weighted by atomic mass is 16.5. The zero-order chi connectivity index (χ0) is 12.4. The average molecular weight is 249 g/mol. The predicted molar refractivity (Wildman–Crippen MR) is 65.8 cm³/mol. The summed E-state index contributed by atoms with van der Waals surface area (Å²) in [7, 11) is 0. The molecule has 1 amide bonds. The van der Waals surface area contributed by atoms with Crippen LogP contribution in [0.1, 0.15) is 31.4 Å². The summed E-state index contributed by atoms with van der Waals surface area (Å²) in [5.41, 5.74) is 0. The zero-order valence-electron chi connectivity index (χ0n) is 10.5. The normalized spacial score (nSPS) is 23.2. The third-order valence-corrected chi connectivity index (χ3v) is 3.61. The lowest BCUT2D eigenvalue weighted by molar-refractivity contribution is -0.135. The number of rotatable bonds is 5. The van der Waals surface area contributed by atoms with Crippen molar-refractivity contribution in [1.29, 1.82) is 0 Å². The predicted octanol–water partition coefficient (Wildman–Crippen LogP) is 2.20. The Balaban J connectivity index is 1.64. The summed E-state index contributed by atoms with van der Waals surface area (Å²) >= 11 is 0. The van der Waals surface area contributed by atoms with Gasteiger partial charge in [-0.1, -0.05) is 0 Å². The molecule has 0 spiro atoms. The van der Waals surface area contributed by atoms with Crippen LogP contribution in [0.2, 0.25) is 0 Å². The second kappa shape index (κ2) is 5.14. The average Bonchev–Trinajstić information content (AvgIpc) is 2.88. The summed E-state index contributed by atoms with van der Waals surface area (Å²) in [6.07, 6.45) is 6.12. The fourth-order valence-corrected chi connectivity index (χ4v) is 2.45.